The van der Waals surface area contributed by atoms with Crippen LogP contribution in [-0.2, 0) is 11.8 Å². The van der Waals surface area contributed by atoms with Crippen molar-refractivity contribution in [3.8, 4) is 11.6 Å². The molecule has 0 saturated heterocycles. The highest BCUT2D eigenvalue weighted by atomic mass is 16.5. The fourth-order valence-corrected chi connectivity index (χ4v) is 3.23. The van der Waals surface area contributed by atoms with Crippen molar-refractivity contribution in [2.24, 2.45) is 7.05 Å². The third-order valence-electron chi connectivity index (χ3n) is 4.57. The van der Waals surface area contributed by atoms with Crippen molar-refractivity contribution in [2.45, 2.75) is 6.92 Å². The van der Waals surface area contributed by atoms with Gasteiger partial charge in [0.15, 0.2) is 11.5 Å². The van der Waals surface area contributed by atoms with Gasteiger partial charge in [0.25, 0.3) is 5.91 Å². The number of imidazole rings is 1. The van der Waals surface area contributed by atoms with Crippen LogP contribution >= 0.6 is 0 Å². The van der Waals surface area contributed by atoms with Crippen LogP contribution in [0.1, 0.15) is 16.2 Å². The number of amides is 2. The maximum atomic E-state index is 12.5. The van der Waals surface area contributed by atoms with Gasteiger partial charge in [0.2, 0.25) is 11.8 Å². The molecule has 0 aliphatic rings. The second kappa shape index (κ2) is 9.09. The zero-order valence-corrected chi connectivity index (χ0v) is 18.7. The average molecular weight is 448 g/mol. The number of carbonyl (C=O) groups is 2. The molecule has 0 spiro atoms. The molecular weight excluding hydrogens is 424 g/mol. The van der Waals surface area contributed by atoms with Crippen molar-refractivity contribution in [3.63, 3.8) is 0 Å². The van der Waals surface area contributed by atoms with Gasteiger partial charge < -0.3 is 20.3 Å². The lowest BCUT2D eigenvalue weighted by molar-refractivity contribution is -0.116. The van der Waals surface area contributed by atoms with Crippen LogP contribution in [0, 0.1) is 6.92 Å². The van der Waals surface area contributed by atoms with Crippen molar-refractivity contribution in [2.75, 3.05) is 31.3 Å². The van der Waals surface area contributed by atoms with E-state index in [0.29, 0.717) is 34.5 Å². The largest absolute Gasteiger partial charge is 0.438 e. The van der Waals surface area contributed by atoms with E-state index in [-0.39, 0.29) is 18.4 Å². The predicted molar refractivity (Wildman–Crippen MR) is 123 cm³/mol. The van der Waals surface area contributed by atoms with Crippen LogP contribution in [0.25, 0.3) is 5.65 Å². The number of likely N-dealkylation sites (N-methyl/N-ethyl adjacent to an activating group) is 1. The maximum absolute atomic E-state index is 12.5. The number of hydrogen-bond donors (Lipinski definition) is 2. The number of ether oxygens (including phenoxy) is 1. The van der Waals surface area contributed by atoms with Crippen LogP contribution in [0.5, 0.6) is 11.6 Å². The van der Waals surface area contributed by atoms with Crippen molar-refractivity contribution in [3.05, 3.63) is 60.0 Å². The van der Waals surface area contributed by atoms with E-state index in [2.05, 4.69) is 25.8 Å². The number of benzene rings is 1. The van der Waals surface area contributed by atoms with Crippen LogP contribution in [0.15, 0.2) is 48.7 Å². The highest BCUT2D eigenvalue weighted by molar-refractivity contribution is 6.03. The van der Waals surface area contributed by atoms with Gasteiger partial charge >= 0.3 is 0 Å². The Bertz CT molecular complexity index is 1320. The maximum Gasteiger partial charge on any atom is 0.273 e. The molecule has 0 unspecified atom stereocenters. The van der Waals surface area contributed by atoms with Gasteiger partial charge in [-0.1, -0.05) is 6.07 Å². The van der Waals surface area contributed by atoms with Gasteiger partial charge in [0.1, 0.15) is 11.4 Å². The number of hydrogen-bond acceptors (Lipinski definition) is 7. The number of aromatic nitrogens is 5. The summed E-state index contributed by atoms with van der Waals surface area (Å²) in [5, 5.41) is 14.2. The van der Waals surface area contributed by atoms with E-state index in [1.54, 1.807) is 60.6 Å². The van der Waals surface area contributed by atoms with Crippen molar-refractivity contribution >= 4 is 29.0 Å². The first-order chi connectivity index (χ1) is 15.8. The number of anilines is 2. The van der Waals surface area contributed by atoms with Crippen LogP contribution in [0.4, 0.5) is 11.5 Å². The summed E-state index contributed by atoms with van der Waals surface area (Å²) < 4.78 is 8.92. The number of nitrogens with zero attached hydrogens (tertiary/aromatic N) is 6. The first-order valence-electron chi connectivity index (χ1n) is 10.2. The minimum absolute atomic E-state index is 0.167. The van der Waals surface area contributed by atoms with Crippen molar-refractivity contribution in [1.82, 2.24) is 29.3 Å². The van der Waals surface area contributed by atoms with Gasteiger partial charge in [-0.3, -0.25) is 14.3 Å². The van der Waals surface area contributed by atoms with Gasteiger partial charge in [-0.15, -0.1) is 5.10 Å². The van der Waals surface area contributed by atoms with Gasteiger partial charge in [0.05, 0.1) is 18.4 Å². The lowest BCUT2D eigenvalue weighted by Gasteiger charge is -2.08. The standard InChI is InChI=1S/C22H24N8O3/c1-14-10-17(29(4)26-14)22(32)23-15-6-5-7-16(11-15)33-21-9-8-19-24-18(12-30(19)27-21)25-20(31)13-28(2)3/h5-12H,13H2,1-4H3,(H,23,32)(H,25,31). The molecule has 0 saturated carbocycles. The predicted octanol–water partition coefficient (Wildman–Crippen LogP) is 2.32. The third-order valence-corrected chi connectivity index (χ3v) is 4.57. The Labute approximate surface area is 190 Å². The Morgan fingerprint density at radius 2 is 1.91 bits per heavy atom. The molecule has 4 rings (SSSR count). The molecule has 11 heteroatoms. The molecule has 3 aromatic heterocycles. The Morgan fingerprint density at radius 1 is 1.09 bits per heavy atom. The summed E-state index contributed by atoms with van der Waals surface area (Å²) in [6.45, 7) is 2.08. The number of rotatable bonds is 7. The summed E-state index contributed by atoms with van der Waals surface area (Å²) in [7, 11) is 5.35. The summed E-state index contributed by atoms with van der Waals surface area (Å²) in [5.41, 5.74) is 2.36. The molecule has 3 heterocycles. The highest BCUT2D eigenvalue weighted by Crippen LogP contribution is 2.24. The fourth-order valence-electron chi connectivity index (χ4n) is 3.23. The van der Waals surface area contributed by atoms with E-state index < -0.39 is 0 Å². The average Bonchev–Trinajstić information content (AvgIpc) is 3.28. The van der Waals surface area contributed by atoms with Crippen LogP contribution in [0.3, 0.4) is 0 Å². The van der Waals surface area contributed by atoms with E-state index in [9.17, 15) is 9.59 Å². The zero-order valence-electron chi connectivity index (χ0n) is 18.7. The third kappa shape index (κ3) is 5.33. The summed E-state index contributed by atoms with van der Waals surface area (Å²) >= 11 is 0. The van der Waals surface area contributed by atoms with E-state index in [1.807, 2.05) is 21.0 Å². The van der Waals surface area contributed by atoms with Gasteiger partial charge in [0, 0.05) is 24.9 Å². The first kappa shape index (κ1) is 22.0. The second-order valence-corrected chi connectivity index (χ2v) is 7.77. The quantitative estimate of drug-likeness (QED) is 0.445. The molecule has 1 aromatic carbocycles. The zero-order chi connectivity index (χ0) is 23.5. The molecular formula is C22H24N8O3. The number of nitrogens with one attached hydrogen (secondary N) is 2. The Kier molecular flexibility index (Phi) is 6.05. The lowest BCUT2D eigenvalue weighted by Crippen LogP contribution is -2.27. The molecule has 0 bridgehead atoms. The monoisotopic (exact) mass is 448 g/mol. The number of carbonyl (C=O) groups excluding carboxylic acids is 2. The molecule has 11 nitrogen and oxygen atoms in total. The molecule has 2 N–H and O–H groups in total. The molecule has 33 heavy (non-hydrogen) atoms. The Balaban J connectivity index is 1.46. The highest BCUT2D eigenvalue weighted by Gasteiger charge is 2.13. The fraction of sp³-hybridized carbons (Fsp3) is 0.227. The molecule has 0 fully saturated rings. The van der Waals surface area contributed by atoms with Crippen LogP contribution in [0.2, 0.25) is 0 Å². The van der Waals surface area contributed by atoms with Gasteiger partial charge in [-0.2, -0.15) is 5.10 Å². The van der Waals surface area contributed by atoms with Crippen LogP contribution in [-0.4, -0.2) is 61.7 Å². The first-order valence-corrected chi connectivity index (χ1v) is 10.2. The molecule has 0 atom stereocenters. The summed E-state index contributed by atoms with van der Waals surface area (Å²) in [6.07, 6.45) is 1.61. The summed E-state index contributed by atoms with van der Waals surface area (Å²) in [4.78, 5) is 30.6. The smallest absolute Gasteiger partial charge is 0.273 e. The van der Waals surface area contributed by atoms with Crippen molar-refractivity contribution < 1.29 is 14.3 Å². The SMILES string of the molecule is Cc1cc(C(=O)Nc2cccc(Oc3ccc4nc(NC(=O)CN(C)C)cn4n3)c2)n(C)n1. The van der Waals surface area contributed by atoms with Gasteiger partial charge in [-0.25, -0.2) is 9.50 Å². The van der Waals surface area contributed by atoms with E-state index >= 15 is 0 Å². The molecule has 4 aromatic rings. The normalized spacial score (nSPS) is 11.1. The Hall–Kier alpha value is -4.25. The van der Waals surface area contributed by atoms with E-state index in [0.717, 1.165) is 5.69 Å². The molecule has 2 amide bonds. The van der Waals surface area contributed by atoms with E-state index in [4.69, 9.17) is 4.74 Å². The van der Waals surface area contributed by atoms with Crippen LogP contribution < -0.4 is 15.4 Å². The summed E-state index contributed by atoms with van der Waals surface area (Å²) in [5.74, 6) is 0.802. The number of aryl methyl sites for hydroxylation is 2. The molecule has 0 aliphatic heterocycles. The topological polar surface area (TPSA) is 119 Å². The second-order valence-electron chi connectivity index (χ2n) is 7.77. The molecule has 170 valence electrons. The van der Waals surface area contributed by atoms with E-state index in [1.165, 1.54) is 9.20 Å². The Morgan fingerprint density at radius 3 is 2.64 bits per heavy atom. The minimum Gasteiger partial charge on any atom is -0.438 e. The van der Waals surface area contributed by atoms with Gasteiger partial charge in [-0.05, 0) is 45.3 Å². The molecule has 0 radical (unpaired) electrons. The summed E-state index contributed by atoms with van der Waals surface area (Å²) in [6, 6.07) is 12.1. The lowest BCUT2D eigenvalue weighted by atomic mass is 10.3. The molecule has 0 aliphatic carbocycles. The van der Waals surface area contributed by atoms with Crippen molar-refractivity contribution in [1.29, 1.82) is 0 Å². The minimum atomic E-state index is -0.267. The number of fused-ring (bicyclic) bond motifs is 1.